The zero-order valence-electron chi connectivity index (χ0n) is 17.0. The Kier molecular flexibility index (Phi) is 5.26. The molecule has 0 radical (unpaired) electrons. The van der Waals surface area contributed by atoms with E-state index in [1.165, 1.54) is 16.2 Å². The lowest BCUT2D eigenvalue weighted by atomic mass is 9.93. The van der Waals surface area contributed by atoms with Crippen LogP contribution in [0.1, 0.15) is 48.1 Å². The maximum Gasteiger partial charge on any atom is 0.301 e. The third-order valence-electron chi connectivity index (χ3n) is 5.31. The predicted octanol–water partition coefficient (Wildman–Crippen LogP) is 5.20. The summed E-state index contributed by atoms with van der Waals surface area (Å²) in [5, 5.41) is 13.2. The van der Waals surface area contributed by atoms with Crippen LogP contribution in [0.5, 0.6) is 0 Å². The van der Waals surface area contributed by atoms with E-state index in [1.54, 1.807) is 23.7 Å². The molecule has 1 amide bonds. The SMILES string of the molecule is Cc1ccc(/C(O)=C2\C(=O)C(=O)N(c3nccs3)[C@H]2c2ccc(C(C)C)cc2)cc1. The maximum atomic E-state index is 13.0. The van der Waals surface area contributed by atoms with Crippen LogP contribution in [0.3, 0.4) is 0 Å². The second-order valence-corrected chi connectivity index (χ2v) is 8.54. The van der Waals surface area contributed by atoms with Gasteiger partial charge in [-0.15, -0.1) is 11.3 Å². The fraction of sp³-hybridized carbons (Fsp3) is 0.208. The van der Waals surface area contributed by atoms with Crippen LogP contribution < -0.4 is 4.90 Å². The summed E-state index contributed by atoms with van der Waals surface area (Å²) < 4.78 is 0. The van der Waals surface area contributed by atoms with Gasteiger partial charge in [-0.25, -0.2) is 4.98 Å². The number of Topliss-reactive ketones (excluding diaryl/α,β-unsaturated/α-hetero) is 1. The number of rotatable bonds is 4. The molecule has 4 rings (SSSR count). The summed E-state index contributed by atoms with van der Waals surface area (Å²) in [6.07, 6.45) is 1.60. The number of amides is 1. The highest BCUT2D eigenvalue weighted by Gasteiger charge is 2.47. The number of aryl methyl sites for hydroxylation is 1. The van der Waals surface area contributed by atoms with Gasteiger partial charge >= 0.3 is 5.91 Å². The molecule has 0 unspecified atom stereocenters. The Morgan fingerprint density at radius 3 is 2.30 bits per heavy atom. The molecular formula is C24H22N2O3S. The van der Waals surface area contributed by atoms with Crippen molar-refractivity contribution in [1.29, 1.82) is 0 Å². The fourth-order valence-electron chi connectivity index (χ4n) is 3.61. The van der Waals surface area contributed by atoms with Crippen LogP contribution >= 0.6 is 11.3 Å². The zero-order valence-corrected chi connectivity index (χ0v) is 17.8. The smallest absolute Gasteiger partial charge is 0.301 e. The summed E-state index contributed by atoms with van der Waals surface area (Å²) in [5.74, 6) is -1.21. The van der Waals surface area contributed by atoms with Crippen LogP contribution in [0, 0.1) is 6.92 Å². The van der Waals surface area contributed by atoms with Gasteiger partial charge in [-0.2, -0.15) is 0 Å². The van der Waals surface area contributed by atoms with Crippen LogP contribution in [0.25, 0.3) is 5.76 Å². The second-order valence-electron chi connectivity index (χ2n) is 7.67. The standard InChI is InChI=1S/C24H22N2O3S/c1-14(2)16-8-10-17(11-9-16)20-19(21(27)18-6-4-15(3)5-7-18)22(28)23(29)26(20)24-25-12-13-30-24/h4-14,20,27H,1-3H3/b21-19+/t20-/m0/s1. The van der Waals surface area contributed by atoms with Crippen LogP contribution in [0.15, 0.2) is 65.7 Å². The molecule has 1 atom stereocenters. The van der Waals surface area contributed by atoms with Gasteiger partial charge in [0.15, 0.2) is 5.13 Å². The van der Waals surface area contributed by atoms with Crippen molar-refractivity contribution in [2.45, 2.75) is 32.7 Å². The summed E-state index contributed by atoms with van der Waals surface area (Å²) in [6.45, 7) is 6.16. The molecular weight excluding hydrogens is 396 g/mol. The molecule has 0 aliphatic carbocycles. The van der Waals surface area contributed by atoms with Crippen molar-refractivity contribution in [3.63, 3.8) is 0 Å². The quantitative estimate of drug-likeness (QED) is 0.359. The second kappa shape index (κ2) is 7.88. The van der Waals surface area contributed by atoms with E-state index >= 15 is 0 Å². The number of benzene rings is 2. The number of anilines is 1. The molecule has 1 fully saturated rings. The van der Waals surface area contributed by atoms with E-state index in [2.05, 4.69) is 18.8 Å². The number of thiazole rings is 1. The number of carbonyl (C=O) groups is 2. The van der Waals surface area contributed by atoms with Gasteiger partial charge in [-0.05, 0) is 24.0 Å². The Morgan fingerprint density at radius 1 is 1.07 bits per heavy atom. The molecule has 1 aliphatic heterocycles. The molecule has 0 bridgehead atoms. The first kappa shape index (κ1) is 20.0. The van der Waals surface area contributed by atoms with E-state index in [0.717, 1.165) is 16.7 Å². The third-order valence-corrected chi connectivity index (χ3v) is 6.08. The van der Waals surface area contributed by atoms with Crippen LogP contribution in [-0.2, 0) is 9.59 Å². The Bertz CT molecular complexity index is 1110. The van der Waals surface area contributed by atoms with E-state index < -0.39 is 17.7 Å². The van der Waals surface area contributed by atoms with Crippen LogP contribution in [0.2, 0.25) is 0 Å². The van der Waals surface area contributed by atoms with Crippen molar-refractivity contribution >= 4 is 33.9 Å². The van der Waals surface area contributed by atoms with Crippen molar-refractivity contribution < 1.29 is 14.7 Å². The molecule has 1 aromatic heterocycles. The summed E-state index contributed by atoms with van der Waals surface area (Å²) >= 11 is 1.28. The summed E-state index contributed by atoms with van der Waals surface area (Å²) in [7, 11) is 0. The summed E-state index contributed by atoms with van der Waals surface area (Å²) in [4.78, 5) is 31.6. The van der Waals surface area contributed by atoms with Crippen molar-refractivity contribution in [2.75, 3.05) is 4.90 Å². The first-order valence-corrected chi connectivity index (χ1v) is 10.6. The van der Waals surface area contributed by atoms with Gasteiger partial charge in [0.05, 0.1) is 11.6 Å². The number of aromatic nitrogens is 1. The average Bonchev–Trinajstić information content (AvgIpc) is 3.35. The highest BCUT2D eigenvalue weighted by molar-refractivity contribution is 7.14. The van der Waals surface area contributed by atoms with E-state index in [0.29, 0.717) is 16.6 Å². The van der Waals surface area contributed by atoms with Gasteiger partial charge in [-0.1, -0.05) is 67.9 Å². The van der Waals surface area contributed by atoms with Gasteiger partial charge in [0.2, 0.25) is 0 Å². The number of nitrogens with zero attached hydrogens (tertiary/aromatic N) is 2. The number of ketones is 1. The lowest BCUT2D eigenvalue weighted by Crippen LogP contribution is -2.29. The average molecular weight is 419 g/mol. The molecule has 5 nitrogen and oxygen atoms in total. The molecule has 1 saturated heterocycles. The van der Waals surface area contributed by atoms with Crippen molar-refractivity contribution in [3.05, 3.63) is 87.9 Å². The minimum absolute atomic E-state index is 0.0800. The molecule has 0 spiro atoms. The lowest BCUT2D eigenvalue weighted by Gasteiger charge is -2.23. The number of aliphatic hydroxyl groups is 1. The number of aliphatic hydroxyl groups excluding tert-OH is 1. The van der Waals surface area contributed by atoms with E-state index in [9.17, 15) is 14.7 Å². The van der Waals surface area contributed by atoms with E-state index in [1.807, 2.05) is 43.3 Å². The number of hydrogen-bond donors (Lipinski definition) is 1. The Labute approximate surface area is 179 Å². The number of carbonyl (C=O) groups excluding carboxylic acids is 2. The minimum Gasteiger partial charge on any atom is -0.507 e. The molecule has 152 valence electrons. The lowest BCUT2D eigenvalue weighted by molar-refractivity contribution is -0.132. The van der Waals surface area contributed by atoms with Crippen LogP contribution in [-0.4, -0.2) is 21.8 Å². The number of hydrogen-bond acceptors (Lipinski definition) is 5. The molecule has 2 aromatic carbocycles. The molecule has 0 saturated carbocycles. The third kappa shape index (κ3) is 3.44. The van der Waals surface area contributed by atoms with Gasteiger partial charge in [0.25, 0.3) is 5.78 Å². The molecule has 3 aromatic rings. The Hall–Kier alpha value is -3.25. The van der Waals surface area contributed by atoms with Gasteiger partial charge in [-0.3, -0.25) is 14.5 Å². The summed E-state index contributed by atoms with van der Waals surface area (Å²) in [6, 6.07) is 14.3. The van der Waals surface area contributed by atoms with Gasteiger partial charge in [0, 0.05) is 17.1 Å². The topological polar surface area (TPSA) is 70.5 Å². The Balaban J connectivity index is 1.90. The molecule has 1 aliphatic rings. The fourth-order valence-corrected chi connectivity index (χ4v) is 4.28. The van der Waals surface area contributed by atoms with Crippen molar-refractivity contribution in [2.24, 2.45) is 0 Å². The van der Waals surface area contributed by atoms with Crippen molar-refractivity contribution in [1.82, 2.24) is 4.98 Å². The van der Waals surface area contributed by atoms with Crippen LogP contribution in [0.4, 0.5) is 5.13 Å². The molecule has 30 heavy (non-hydrogen) atoms. The van der Waals surface area contributed by atoms with Gasteiger partial charge in [0.1, 0.15) is 5.76 Å². The molecule has 6 heteroatoms. The monoisotopic (exact) mass is 418 g/mol. The minimum atomic E-state index is -0.737. The highest BCUT2D eigenvalue weighted by atomic mass is 32.1. The van der Waals surface area contributed by atoms with Gasteiger partial charge < -0.3 is 5.11 Å². The van der Waals surface area contributed by atoms with E-state index in [-0.39, 0.29) is 11.3 Å². The predicted molar refractivity (Wildman–Crippen MR) is 119 cm³/mol. The maximum absolute atomic E-state index is 13.0. The first-order valence-electron chi connectivity index (χ1n) is 9.76. The summed E-state index contributed by atoms with van der Waals surface area (Å²) in [5.41, 5.74) is 3.53. The van der Waals surface area contributed by atoms with Crippen molar-refractivity contribution in [3.8, 4) is 0 Å². The highest BCUT2D eigenvalue weighted by Crippen LogP contribution is 2.42. The molecule has 2 heterocycles. The normalized spacial score (nSPS) is 18.4. The first-order chi connectivity index (χ1) is 14.4. The zero-order chi connectivity index (χ0) is 21.4. The largest absolute Gasteiger partial charge is 0.507 e. The Morgan fingerprint density at radius 2 is 1.73 bits per heavy atom. The van der Waals surface area contributed by atoms with E-state index in [4.69, 9.17) is 0 Å². The molecule has 1 N–H and O–H groups in total.